The van der Waals surface area contributed by atoms with Crippen molar-refractivity contribution in [2.45, 2.75) is 26.9 Å². The first-order valence-corrected chi connectivity index (χ1v) is 9.83. The largest absolute Gasteiger partial charge is 0.481 e. The lowest BCUT2D eigenvalue weighted by atomic mass is 10.2. The number of methoxy groups -OCH3 is 1. The van der Waals surface area contributed by atoms with Gasteiger partial charge >= 0.3 is 0 Å². The monoisotopic (exact) mass is 436 g/mol. The third kappa shape index (κ3) is 4.07. The van der Waals surface area contributed by atoms with Crippen LogP contribution in [0.25, 0.3) is 10.8 Å². The second-order valence-corrected chi connectivity index (χ2v) is 7.27. The number of nitrogens with zero attached hydrogens (tertiary/aromatic N) is 5. The normalized spacial score (nSPS) is 11.0. The second-order valence-electron chi connectivity index (χ2n) is 7.27. The minimum Gasteiger partial charge on any atom is -0.481 e. The zero-order chi connectivity index (χ0) is 22.8. The molecule has 1 amide bonds. The Hall–Kier alpha value is -4.08. The van der Waals surface area contributed by atoms with E-state index in [9.17, 15) is 14.0 Å². The number of amides is 1. The Bertz CT molecular complexity index is 1360. The van der Waals surface area contributed by atoms with Crippen molar-refractivity contribution in [1.29, 1.82) is 0 Å². The molecule has 164 valence electrons. The molecule has 0 aliphatic heterocycles. The van der Waals surface area contributed by atoms with Crippen molar-refractivity contribution in [1.82, 2.24) is 24.3 Å². The smallest absolute Gasteiger partial charge is 0.276 e. The van der Waals surface area contributed by atoms with E-state index < -0.39 is 5.91 Å². The number of nitrogens with one attached hydrogen (secondary N) is 1. The number of fused-ring (bicyclic) bond motifs is 1. The van der Waals surface area contributed by atoms with Gasteiger partial charge in [0.15, 0.2) is 0 Å². The van der Waals surface area contributed by atoms with Crippen LogP contribution in [0.3, 0.4) is 0 Å². The molecule has 10 heteroatoms. The molecule has 4 rings (SSSR count). The summed E-state index contributed by atoms with van der Waals surface area (Å²) in [7, 11) is 1.46. The Kier molecular flexibility index (Phi) is 5.67. The van der Waals surface area contributed by atoms with Gasteiger partial charge in [-0.3, -0.25) is 9.59 Å². The van der Waals surface area contributed by atoms with E-state index in [2.05, 4.69) is 20.4 Å². The van der Waals surface area contributed by atoms with Crippen molar-refractivity contribution >= 4 is 22.5 Å². The maximum Gasteiger partial charge on any atom is 0.276 e. The van der Waals surface area contributed by atoms with Crippen LogP contribution in [-0.2, 0) is 17.9 Å². The summed E-state index contributed by atoms with van der Waals surface area (Å²) >= 11 is 0. The molecule has 3 heterocycles. The van der Waals surface area contributed by atoms with Crippen molar-refractivity contribution < 1.29 is 13.9 Å². The topological polar surface area (TPSA) is 104 Å². The molecule has 0 fully saturated rings. The van der Waals surface area contributed by atoms with Gasteiger partial charge < -0.3 is 14.6 Å². The van der Waals surface area contributed by atoms with Crippen molar-refractivity contribution in [3.8, 4) is 5.88 Å². The van der Waals surface area contributed by atoms with Crippen LogP contribution in [0.15, 0.2) is 47.7 Å². The zero-order valence-electron chi connectivity index (χ0n) is 17.8. The molecule has 1 N–H and O–H groups in total. The maximum atomic E-state index is 13.2. The third-order valence-electron chi connectivity index (χ3n) is 5.27. The Balaban J connectivity index is 1.62. The number of carbonyl (C=O) groups is 1. The number of benzene rings is 1. The molecule has 32 heavy (non-hydrogen) atoms. The highest BCUT2D eigenvalue weighted by Gasteiger charge is 2.18. The first kappa shape index (κ1) is 21.2. The summed E-state index contributed by atoms with van der Waals surface area (Å²) in [5.41, 5.74) is 2.17. The molecule has 1 aromatic carbocycles. The number of aryl methyl sites for hydroxylation is 2. The Morgan fingerprint density at radius 2 is 1.91 bits per heavy atom. The molecule has 0 spiro atoms. The molecule has 0 aliphatic rings. The number of rotatable bonds is 6. The second kappa shape index (κ2) is 8.58. The molecule has 9 nitrogen and oxygen atoms in total. The van der Waals surface area contributed by atoms with Crippen LogP contribution in [0.5, 0.6) is 5.88 Å². The number of hydrogen-bond donors (Lipinski definition) is 1. The van der Waals surface area contributed by atoms with E-state index in [1.807, 2.05) is 18.4 Å². The molecule has 0 unspecified atom stereocenters. The number of aromatic nitrogens is 5. The maximum absolute atomic E-state index is 13.2. The van der Waals surface area contributed by atoms with Crippen molar-refractivity contribution in [2.24, 2.45) is 0 Å². The van der Waals surface area contributed by atoms with E-state index in [1.54, 1.807) is 18.3 Å². The third-order valence-corrected chi connectivity index (χ3v) is 5.27. The van der Waals surface area contributed by atoms with Gasteiger partial charge in [-0.2, -0.15) is 5.10 Å². The molecule has 0 radical (unpaired) electrons. The lowest BCUT2D eigenvalue weighted by Crippen LogP contribution is -2.29. The van der Waals surface area contributed by atoms with Gasteiger partial charge in [-0.05, 0) is 31.5 Å². The highest BCUT2D eigenvalue weighted by Crippen LogP contribution is 2.23. The SMILES string of the molecule is COc1cc(NC(=O)Cn2ncc3c(C)n(Cc4ccc(F)cc4)c(C)c3c2=O)ncn1. The summed E-state index contributed by atoms with van der Waals surface area (Å²) in [6, 6.07) is 7.71. The first-order chi connectivity index (χ1) is 15.4. The van der Waals surface area contributed by atoms with Crippen molar-refractivity contribution in [2.75, 3.05) is 12.4 Å². The van der Waals surface area contributed by atoms with E-state index in [0.29, 0.717) is 23.2 Å². The molecular weight excluding hydrogens is 415 g/mol. The summed E-state index contributed by atoms with van der Waals surface area (Å²) < 4.78 is 21.3. The quantitative estimate of drug-likeness (QED) is 0.498. The average Bonchev–Trinajstić information content (AvgIpc) is 3.02. The van der Waals surface area contributed by atoms with Crippen LogP contribution in [0.2, 0.25) is 0 Å². The summed E-state index contributed by atoms with van der Waals surface area (Å²) in [5, 5.41) is 7.99. The molecule has 0 atom stereocenters. The number of anilines is 1. The van der Waals surface area contributed by atoms with Gasteiger partial charge in [-0.25, -0.2) is 19.0 Å². The van der Waals surface area contributed by atoms with E-state index in [-0.39, 0.29) is 23.7 Å². The van der Waals surface area contributed by atoms with Crippen LogP contribution >= 0.6 is 0 Å². The number of ether oxygens (including phenoxy) is 1. The molecule has 0 saturated heterocycles. The van der Waals surface area contributed by atoms with E-state index in [0.717, 1.165) is 21.6 Å². The number of halogens is 1. The fourth-order valence-corrected chi connectivity index (χ4v) is 3.60. The van der Waals surface area contributed by atoms with Crippen molar-refractivity contribution in [3.63, 3.8) is 0 Å². The molecular formula is C22H21FN6O3. The minimum atomic E-state index is -0.458. The molecule has 0 saturated carbocycles. The Morgan fingerprint density at radius 1 is 1.16 bits per heavy atom. The van der Waals surface area contributed by atoms with Gasteiger partial charge in [-0.1, -0.05) is 12.1 Å². The standard InChI is InChI=1S/C22H21FN6O3/c1-13-17-9-26-29(11-19(30)27-18-8-20(32-3)25-12-24-18)22(31)21(17)14(2)28(13)10-15-4-6-16(23)7-5-15/h4-9,12H,10-11H2,1-3H3,(H,24,25,27,30). The summed E-state index contributed by atoms with van der Waals surface area (Å²) in [5.74, 6) is -0.195. The van der Waals surface area contributed by atoms with Gasteiger partial charge in [0, 0.05) is 29.4 Å². The predicted octanol–water partition coefficient (Wildman–Crippen LogP) is 2.44. The van der Waals surface area contributed by atoms with Crippen LogP contribution < -0.4 is 15.6 Å². The Labute approximate surface area is 182 Å². The van der Waals surface area contributed by atoms with Crippen molar-refractivity contribution in [3.05, 3.63) is 76.0 Å². The van der Waals surface area contributed by atoms with Crippen LogP contribution in [0.4, 0.5) is 10.2 Å². The van der Waals surface area contributed by atoms with E-state index in [4.69, 9.17) is 4.74 Å². The zero-order valence-corrected chi connectivity index (χ0v) is 17.8. The lowest BCUT2D eigenvalue weighted by Gasteiger charge is -2.09. The van der Waals surface area contributed by atoms with Crippen LogP contribution in [0.1, 0.15) is 17.0 Å². The summed E-state index contributed by atoms with van der Waals surface area (Å²) in [4.78, 5) is 33.4. The van der Waals surface area contributed by atoms with Crippen LogP contribution in [-0.4, -0.2) is 37.3 Å². The first-order valence-electron chi connectivity index (χ1n) is 9.83. The van der Waals surface area contributed by atoms with Gasteiger partial charge in [0.2, 0.25) is 11.8 Å². The van der Waals surface area contributed by atoms with Gasteiger partial charge in [0.1, 0.15) is 24.5 Å². The molecule has 3 aromatic heterocycles. The van der Waals surface area contributed by atoms with Crippen LogP contribution in [0, 0.1) is 19.7 Å². The minimum absolute atomic E-state index is 0.258. The number of carbonyl (C=O) groups excluding carboxylic acids is 1. The fourth-order valence-electron chi connectivity index (χ4n) is 3.60. The predicted molar refractivity (Wildman–Crippen MR) is 116 cm³/mol. The lowest BCUT2D eigenvalue weighted by molar-refractivity contribution is -0.117. The summed E-state index contributed by atoms with van der Waals surface area (Å²) in [6.07, 6.45) is 2.85. The highest BCUT2D eigenvalue weighted by atomic mass is 19.1. The highest BCUT2D eigenvalue weighted by molar-refractivity contribution is 5.90. The fraction of sp³-hybridized carbons (Fsp3) is 0.227. The van der Waals surface area contributed by atoms with E-state index >= 15 is 0 Å². The Morgan fingerprint density at radius 3 is 2.62 bits per heavy atom. The average molecular weight is 436 g/mol. The van der Waals surface area contributed by atoms with Gasteiger partial charge in [-0.15, -0.1) is 0 Å². The van der Waals surface area contributed by atoms with Gasteiger partial charge in [0.25, 0.3) is 5.56 Å². The van der Waals surface area contributed by atoms with Gasteiger partial charge in [0.05, 0.1) is 18.7 Å². The number of hydrogen-bond acceptors (Lipinski definition) is 6. The molecule has 4 aromatic rings. The van der Waals surface area contributed by atoms with E-state index in [1.165, 1.54) is 31.6 Å². The molecule has 0 bridgehead atoms. The molecule has 0 aliphatic carbocycles. The summed E-state index contributed by atoms with van der Waals surface area (Å²) in [6.45, 7) is 3.96.